The molecule has 0 aliphatic carbocycles. The number of fused-ring (bicyclic) bond motifs is 1. The van der Waals surface area contributed by atoms with Crippen LogP contribution in [0.2, 0.25) is 0 Å². The van der Waals surface area contributed by atoms with Crippen molar-refractivity contribution < 1.29 is 9.53 Å². The van der Waals surface area contributed by atoms with Crippen LogP contribution >= 0.6 is 15.9 Å². The van der Waals surface area contributed by atoms with Crippen LogP contribution < -0.4 is 5.56 Å². The second-order valence-electron chi connectivity index (χ2n) is 6.96. The maximum absolute atomic E-state index is 13.4. The van der Waals surface area contributed by atoms with Crippen LogP contribution in [0.3, 0.4) is 0 Å². The predicted molar refractivity (Wildman–Crippen MR) is 122 cm³/mol. The highest BCUT2D eigenvalue weighted by molar-refractivity contribution is 9.10. The van der Waals surface area contributed by atoms with E-state index < -0.39 is 0 Å². The molecule has 1 aromatic heterocycles. The quantitative estimate of drug-likeness (QED) is 0.487. The van der Waals surface area contributed by atoms with E-state index in [0.29, 0.717) is 48.4 Å². The van der Waals surface area contributed by atoms with Crippen LogP contribution in [0.1, 0.15) is 42.5 Å². The van der Waals surface area contributed by atoms with Crippen LogP contribution in [0.15, 0.2) is 57.8 Å². The average Bonchev–Trinajstić information content (AvgIpc) is 2.77. The Kier molecular flexibility index (Phi) is 7.39. The first-order chi connectivity index (χ1) is 14.5. The maximum Gasteiger partial charge on any atom is 0.261 e. The summed E-state index contributed by atoms with van der Waals surface area (Å²) in [5.41, 5.74) is 1.14. The summed E-state index contributed by atoms with van der Waals surface area (Å²) in [6.45, 7) is 5.19. The van der Waals surface area contributed by atoms with Gasteiger partial charge in [-0.05, 0) is 49.7 Å². The van der Waals surface area contributed by atoms with Gasteiger partial charge in [0.15, 0.2) is 0 Å². The number of carbonyl (C=O) groups is 1. The molecule has 158 valence electrons. The maximum atomic E-state index is 13.4. The van der Waals surface area contributed by atoms with Crippen LogP contribution in [0.25, 0.3) is 10.9 Å². The van der Waals surface area contributed by atoms with Gasteiger partial charge in [0, 0.05) is 30.2 Å². The minimum absolute atomic E-state index is 0.0840. The van der Waals surface area contributed by atoms with Gasteiger partial charge in [-0.15, -0.1) is 0 Å². The third-order valence-corrected chi connectivity index (χ3v) is 5.69. The molecule has 1 amide bonds. The van der Waals surface area contributed by atoms with Crippen LogP contribution in [0, 0.1) is 0 Å². The van der Waals surface area contributed by atoms with Crippen molar-refractivity contribution in [3.05, 3.63) is 74.7 Å². The highest BCUT2D eigenvalue weighted by Gasteiger charge is 2.28. The van der Waals surface area contributed by atoms with Gasteiger partial charge in [0.05, 0.1) is 23.6 Å². The highest BCUT2D eigenvalue weighted by Crippen LogP contribution is 2.26. The topological polar surface area (TPSA) is 64.4 Å². The summed E-state index contributed by atoms with van der Waals surface area (Å²) in [5.74, 6) is 0.488. The zero-order chi connectivity index (χ0) is 21.7. The molecule has 0 fully saturated rings. The Labute approximate surface area is 184 Å². The molecule has 1 atom stereocenters. The van der Waals surface area contributed by atoms with E-state index in [1.54, 1.807) is 34.8 Å². The van der Waals surface area contributed by atoms with Gasteiger partial charge in [0.2, 0.25) is 0 Å². The molecule has 6 nitrogen and oxygen atoms in total. The van der Waals surface area contributed by atoms with Gasteiger partial charge in [-0.25, -0.2) is 4.98 Å². The summed E-state index contributed by atoms with van der Waals surface area (Å²) >= 11 is 3.41. The summed E-state index contributed by atoms with van der Waals surface area (Å²) in [5, 5.41) is 0.584. The van der Waals surface area contributed by atoms with E-state index in [4.69, 9.17) is 9.72 Å². The SMILES string of the molecule is CCC(c1nc2ccccc2c(=O)n1CC)N(CCOC)C(=O)c1ccc(Br)cc1. The molecule has 0 aliphatic heterocycles. The lowest BCUT2D eigenvalue weighted by Gasteiger charge is -2.32. The molecule has 0 spiro atoms. The largest absolute Gasteiger partial charge is 0.383 e. The van der Waals surface area contributed by atoms with Crippen molar-refractivity contribution in [1.82, 2.24) is 14.5 Å². The molecule has 3 aromatic rings. The van der Waals surface area contributed by atoms with E-state index in [-0.39, 0.29) is 17.5 Å². The Morgan fingerprint density at radius 2 is 1.87 bits per heavy atom. The molecule has 30 heavy (non-hydrogen) atoms. The summed E-state index contributed by atoms with van der Waals surface area (Å²) in [6.07, 6.45) is 0.622. The van der Waals surface area contributed by atoms with Crippen molar-refractivity contribution in [3.63, 3.8) is 0 Å². The van der Waals surface area contributed by atoms with Gasteiger partial charge >= 0.3 is 0 Å². The molecular weight excluding hydrogens is 446 g/mol. The fraction of sp³-hybridized carbons (Fsp3) is 0.348. The number of hydrogen-bond donors (Lipinski definition) is 0. The molecule has 0 radical (unpaired) electrons. The summed E-state index contributed by atoms with van der Waals surface area (Å²) in [4.78, 5) is 33.1. The number of nitrogens with zero attached hydrogens (tertiary/aromatic N) is 3. The van der Waals surface area contributed by atoms with Crippen molar-refractivity contribution in [1.29, 1.82) is 0 Å². The number of aromatic nitrogens is 2. The van der Waals surface area contributed by atoms with Gasteiger partial charge in [-0.3, -0.25) is 14.2 Å². The number of methoxy groups -OCH3 is 1. The standard InChI is InChI=1S/C23H26BrN3O3/c1-4-20(21-25-19-9-7-6-8-18(19)23(29)26(21)5-2)27(14-15-30-3)22(28)16-10-12-17(24)13-11-16/h6-13,20H,4-5,14-15H2,1-3H3. The number of hydrogen-bond acceptors (Lipinski definition) is 4. The molecule has 0 bridgehead atoms. The van der Waals surface area contributed by atoms with E-state index in [9.17, 15) is 9.59 Å². The van der Waals surface area contributed by atoms with Crippen LogP contribution in [-0.4, -0.2) is 40.6 Å². The molecule has 7 heteroatoms. The van der Waals surface area contributed by atoms with Crippen molar-refractivity contribution >= 4 is 32.7 Å². The summed E-state index contributed by atoms with van der Waals surface area (Å²) in [7, 11) is 1.61. The van der Waals surface area contributed by atoms with Crippen molar-refractivity contribution in [2.75, 3.05) is 20.3 Å². The Hall–Kier alpha value is -2.51. The number of para-hydroxylation sites is 1. The first-order valence-electron chi connectivity index (χ1n) is 10.1. The zero-order valence-corrected chi connectivity index (χ0v) is 19.1. The van der Waals surface area contributed by atoms with Gasteiger partial charge in [-0.2, -0.15) is 0 Å². The molecule has 1 heterocycles. The molecular formula is C23H26BrN3O3. The molecule has 0 saturated carbocycles. The van der Waals surface area contributed by atoms with Crippen LogP contribution in [-0.2, 0) is 11.3 Å². The van der Waals surface area contributed by atoms with Crippen molar-refractivity contribution in [2.24, 2.45) is 0 Å². The minimum Gasteiger partial charge on any atom is -0.383 e. The minimum atomic E-state index is -0.353. The molecule has 0 N–H and O–H groups in total. The third kappa shape index (κ3) is 4.47. The number of ether oxygens (including phenoxy) is 1. The Balaban J connectivity index is 2.13. The van der Waals surface area contributed by atoms with E-state index in [0.717, 1.165) is 4.47 Å². The number of halogens is 1. The second-order valence-corrected chi connectivity index (χ2v) is 7.87. The van der Waals surface area contributed by atoms with E-state index >= 15 is 0 Å². The number of benzene rings is 2. The first-order valence-corrected chi connectivity index (χ1v) is 10.9. The number of carbonyl (C=O) groups excluding carboxylic acids is 1. The van der Waals surface area contributed by atoms with E-state index in [1.165, 1.54) is 0 Å². The van der Waals surface area contributed by atoms with Gasteiger partial charge in [-0.1, -0.05) is 35.0 Å². The Morgan fingerprint density at radius 1 is 1.17 bits per heavy atom. The summed E-state index contributed by atoms with van der Waals surface area (Å²) < 4.78 is 7.85. The van der Waals surface area contributed by atoms with E-state index in [1.807, 2.05) is 44.2 Å². The molecule has 1 unspecified atom stereocenters. The van der Waals surface area contributed by atoms with Gasteiger partial charge in [0.1, 0.15) is 5.82 Å². The zero-order valence-electron chi connectivity index (χ0n) is 17.5. The van der Waals surface area contributed by atoms with Gasteiger partial charge < -0.3 is 9.64 Å². The molecule has 3 rings (SSSR count). The second kappa shape index (κ2) is 10.00. The number of rotatable bonds is 8. The monoisotopic (exact) mass is 471 g/mol. The highest BCUT2D eigenvalue weighted by atomic mass is 79.9. The third-order valence-electron chi connectivity index (χ3n) is 5.16. The first kappa shape index (κ1) is 22.2. The Morgan fingerprint density at radius 3 is 2.50 bits per heavy atom. The lowest BCUT2D eigenvalue weighted by molar-refractivity contribution is 0.0576. The number of amides is 1. The predicted octanol–water partition coefficient (Wildman–Crippen LogP) is 4.42. The van der Waals surface area contributed by atoms with Crippen molar-refractivity contribution in [3.8, 4) is 0 Å². The van der Waals surface area contributed by atoms with Gasteiger partial charge in [0.25, 0.3) is 11.5 Å². The lowest BCUT2D eigenvalue weighted by Crippen LogP contribution is -2.40. The van der Waals surface area contributed by atoms with Crippen LogP contribution in [0.4, 0.5) is 0 Å². The normalized spacial score (nSPS) is 12.1. The van der Waals surface area contributed by atoms with E-state index in [2.05, 4.69) is 15.9 Å². The fourth-order valence-corrected chi connectivity index (χ4v) is 3.90. The Bertz CT molecular complexity index is 1080. The molecule has 0 saturated heterocycles. The van der Waals surface area contributed by atoms with Crippen molar-refractivity contribution in [2.45, 2.75) is 32.9 Å². The molecule has 0 aliphatic rings. The smallest absolute Gasteiger partial charge is 0.261 e. The fourth-order valence-electron chi connectivity index (χ4n) is 3.63. The summed E-state index contributed by atoms with van der Waals surface area (Å²) in [6, 6.07) is 14.3. The lowest BCUT2D eigenvalue weighted by atomic mass is 10.1. The van der Waals surface area contributed by atoms with Crippen LogP contribution in [0.5, 0.6) is 0 Å². The molecule has 2 aromatic carbocycles. The average molecular weight is 472 g/mol.